The molecule has 0 aromatic rings. The number of hydrogen-bond donors (Lipinski definition) is 2. The summed E-state index contributed by atoms with van der Waals surface area (Å²) >= 11 is 1.65. The molecule has 4 nitrogen and oxygen atoms in total. The maximum Gasteiger partial charge on any atom is 0.222 e. The second-order valence-corrected chi connectivity index (χ2v) is 4.61. The van der Waals surface area contributed by atoms with Crippen molar-refractivity contribution in [3.8, 4) is 12.3 Å². The Morgan fingerprint density at radius 3 is 3.25 bits per heavy atom. The monoisotopic (exact) mass is 242 g/mol. The average Bonchev–Trinajstić information content (AvgIpc) is 2.30. The highest BCUT2D eigenvalue weighted by Crippen LogP contribution is 2.01. The maximum atomic E-state index is 11.5. The van der Waals surface area contributed by atoms with Gasteiger partial charge in [-0.15, -0.1) is 18.2 Å². The number of rotatable bonds is 6. The summed E-state index contributed by atoms with van der Waals surface area (Å²) in [5.41, 5.74) is 0. The normalized spacial score (nSPS) is 20.1. The van der Waals surface area contributed by atoms with E-state index in [0.29, 0.717) is 25.3 Å². The van der Waals surface area contributed by atoms with E-state index >= 15 is 0 Å². The first-order valence-corrected chi connectivity index (χ1v) is 6.58. The fourth-order valence-electron chi connectivity index (χ4n) is 1.42. The van der Waals surface area contributed by atoms with E-state index in [-0.39, 0.29) is 12.0 Å². The van der Waals surface area contributed by atoms with E-state index in [1.54, 1.807) is 11.8 Å². The molecule has 1 atom stereocenters. The van der Waals surface area contributed by atoms with Crippen molar-refractivity contribution in [1.82, 2.24) is 10.6 Å². The molecule has 1 fully saturated rings. The lowest BCUT2D eigenvalue weighted by Crippen LogP contribution is -2.41. The molecule has 0 aromatic carbocycles. The Kier molecular flexibility index (Phi) is 7.06. The van der Waals surface area contributed by atoms with Crippen LogP contribution in [0.2, 0.25) is 0 Å². The Hall–Kier alpha value is -0.700. The third kappa shape index (κ3) is 6.01. The predicted octanol–water partition coefficient (Wildman–Crippen LogP) is -0.152. The van der Waals surface area contributed by atoms with Crippen molar-refractivity contribution in [1.29, 1.82) is 0 Å². The largest absolute Gasteiger partial charge is 0.375 e. The van der Waals surface area contributed by atoms with Gasteiger partial charge < -0.3 is 15.4 Å². The van der Waals surface area contributed by atoms with Gasteiger partial charge in [0.15, 0.2) is 0 Å². The highest BCUT2D eigenvalue weighted by atomic mass is 32.2. The van der Waals surface area contributed by atoms with Crippen molar-refractivity contribution in [2.45, 2.75) is 12.5 Å². The fraction of sp³-hybridized carbons (Fsp3) is 0.727. The van der Waals surface area contributed by atoms with Crippen LogP contribution in [0.25, 0.3) is 0 Å². The van der Waals surface area contributed by atoms with Crippen molar-refractivity contribution in [3.63, 3.8) is 0 Å². The van der Waals surface area contributed by atoms with E-state index in [1.165, 1.54) is 0 Å². The summed E-state index contributed by atoms with van der Waals surface area (Å²) < 4.78 is 5.44. The van der Waals surface area contributed by atoms with Crippen LogP contribution in [0.5, 0.6) is 0 Å². The minimum absolute atomic E-state index is 0.0205. The highest BCUT2D eigenvalue weighted by Gasteiger charge is 2.16. The third-order valence-corrected chi connectivity index (χ3v) is 3.04. The summed E-state index contributed by atoms with van der Waals surface area (Å²) in [6, 6.07) is 0. The van der Waals surface area contributed by atoms with Crippen molar-refractivity contribution in [2.75, 3.05) is 37.7 Å². The highest BCUT2D eigenvalue weighted by molar-refractivity contribution is 7.99. The molecule has 0 radical (unpaired) electrons. The van der Waals surface area contributed by atoms with Crippen LogP contribution < -0.4 is 10.6 Å². The molecule has 0 aromatic heterocycles. The van der Waals surface area contributed by atoms with Crippen LogP contribution >= 0.6 is 11.8 Å². The van der Waals surface area contributed by atoms with Gasteiger partial charge >= 0.3 is 0 Å². The Balaban J connectivity index is 1.99. The van der Waals surface area contributed by atoms with Gasteiger partial charge in [-0.2, -0.15) is 0 Å². The molecule has 0 spiro atoms. The van der Waals surface area contributed by atoms with Gasteiger partial charge in [-0.25, -0.2) is 0 Å². The van der Waals surface area contributed by atoms with Crippen LogP contribution in [0.4, 0.5) is 0 Å². The van der Waals surface area contributed by atoms with Crippen molar-refractivity contribution < 1.29 is 9.53 Å². The average molecular weight is 242 g/mol. The van der Waals surface area contributed by atoms with Gasteiger partial charge in [0.05, 0.1) is 24.9 Å². The quantitative estimate of drug-likeness (QED) is 0.502. The van der Waals surface area contributed by atoms with Crippen LogP contribution in [0.3, 0.4) is 0 Å². The van der Waals surface area contributed by atoms with Crippen LogP contribution in [0.15, 0.2) is 0 Å². The number of thioether (sulfide) groups is 1. The summed E-state index contributed by atoms with van der Waals surface area (Å²) in [6.45, 7) is 3.00. The molecule has 1 amide bonds. The molecule has 1 unspecified atom stereocenters. The topological polar surface area (TPSA) is 50.4 Å². The molecule has 1 heterocycles. The minimum Gasteiger partial charge on any atom is -0.375 e. The van der Waals surface area contributed by atoms with E-state index in [2.05, 4.69) is 16.6 Å². The molecule has 1 aliphatic heterocycles. The zero-order valence-corrected chi connectivity index (χ0v) is 10.1. The van der Waals surface area contributed by atoms with Crippen molar-refractivity contribution >= 4 is 17.7 Å². The Labute approximate surface area is 101 Å². The van der Waals surface area contributed by atoms with Gasteiger partial charge in [0.1, 0.15) is 0 Å². The number of ether oxygens (including phenoxy) is 1. The van der Waals surface area contributed by atoms with E-state index < -0.39 is 0 Å². The standard InChI is InChI=1S/C11H18N2O2S/c1-2-6-16-7-4-13-11(14)8-10-9-12-3-5-15-10/h1,10,12H,3-9H2,(H,13,14). The van der Waals surface area contributed by atoms with Gasteiger partial charge in [-0.1, -0.05) is 5.92 Å². The van der Waals surface area contributed by atoms with E-state index in [9.17, 15) is 4.79 Å². The zero-order chi connectivity index (χ0) is 11.6. The van der Waals surface area contributed by atoms with Crippen LogP contribution in [0, 0.1) is 12.3 Å². The van der Waals surface area contributed by atoms with Gasteiger partial charge in [0.25, 0.3) is 0 Å². The second-order valence-electron chi connectivity index (χ2n) is 3.51. The maximum absolute atomic E-state index is 11.5. The van der Waals surface area contributed by atoms with E-state index in [0.717, 1.165) is 18.8 Å². The third-order valence-electron chi connectivity index (χ3n) is 2.17. The first-order chi connectivity index (χ1) is 7.83. The SMILES string of the molecule is C#CCSCCNC(=O)CC1CNCCO1. The van der Waals surface area contributed by atoms with Crippen molar-refractivity contribution in [2.24, 2.45) is 0 Å². The molecular weight excluding hydrogens is 224 g/mol. The molecule has 0 saturated carbocycles. The molecule has 5 heteroatoms. The van der Waals surface area contributed by atoms with Gasteiger partial charge in [0.2, 0.25) is 5.91 Å². The molecule has 1 aliphatic rings. The fourth-order valence-corrected chi connectivity index (χ4v) is 1.93. The summed E-state index contributed by atoms with van der Waals surface area (Å²) in [5, 5.41) is 6.05. The molecule has 2 N–H and O–H groups in total. The second kappa shape index (κ2) is 8.45. The van der Waals surface area contributed by atoms with Gasteiger partial charge in [-0.05, 0) is 0 Å². The summed E-state index contributed by atoms with van der Waals surface area (Å²) in [6.07, 6.45) is 5.57. The summed E-state index contributed by atoms with van der Waals surface area (Å²) in [5.74, 6) is 4.16. The summed E-state index contributed by atoms with van der Waals surface area (Å²) in [4.78, 5) is 11.5. The number of hydrogen-bond acceptors (Lipinski definition) is 4. The smallest absolute Gasteiger partial charge is 0.222 e. The van der Waals surface area contributed by atoms with Crippen LogP contribution in [-0.2, 0) is 9.53 Å². The molecule has 16 heavy (non-hydrogen) atoms. The number of terminal acetylenes is 1. The van der Waals surface area contributed by atoms with E-state index in [1.807, 2.05) is 0 Å². The molecule has 1 saturated heterocycles. The Morgan fingerprint density at radius 2 is 2.56 bits per heavy atom. The molecule has 1 rings (SSSR count). The number of morpholine rings is 1. The van der Waals surface area contributed by atoms with Gasteiger partial charge in [-0.3, -0.25) is 4.79 Å². The Bertz CT molecular complexity index is 247. The lowest BCUT2D eigenvalue weighted by molar-refractivity contribution is -0.124. The summed E-state index contributed by atoms with van der Waals surface area (Å²) in [7, 11) is 0. The lowest BCUT2D eigenvalue weighted by Gasteiger charge is -2.22. The Morgan fingerprint density at radius 1 is 1.69 bits per heavy atom. The zero-order valence-electron chi connectivity index (χ0n) is 9.33. The lowest BCUT2D eigenvalue weighted by atomic mass is 10.2. The minimum atomic E-state index is 0.0205. The number of amides is 1. The number of nitrogens with one attached hydrogen (secondary N) is 2. The van der Waals surface area contributed by atoms with E-state index in [4.69, 9.17) is 11.2 Å². The molecule has 0 bridgehead atoms. The predicted molar refractivity (Wildman–Crippen MR) is 66.4 cm³/mol. The van der Waals surface area contributed by atoms with Crippen LogP contribution in [0.1, 0.15) is 6.42 Å². The first-order valence-electron chi connectivity index (χ1n) is 5.43. The number of carbonyl (C=O) groups excluding carboxylic acids is 1. The van der Waals surface area contributed by atoms with Gasteiger partial charge in [0, 0.05) is 25.4 Å². The van der Waals surface area contributed by atoms with Crippen LogP contribution in [-0.4, -0.2) is 49.8 Å². The van der Waals surface area contributed by atoms with Crippen molar-refractivity contribution in [3.05, 3.63) is 0 Å². The molecule has 90 valence electrons. The molecule has 0 aliphatic carbocycles. The first kappa shape index (κ1) is 13.4. The number of carbonyl (C=O) groups is 1. The molecular formula is C11H18N2O2S.